The van der Waals surface area contributed by atoms with Crippen molar-refractivity contribution in [3.63, 3.8) is 0 Å². The molecule has 0 radical (unpaired) electrons. The van der Waals surface area contributed by atoms with Crippen LogP contribution in [0.5, 0.6) is 0 Å². The molecule has 1 saturated heterocycles. The Morgan fingerprint density at radius 1 is 1.29 bits per heavy atom. The van der Waals surface area contributed by atoms with Crippen LogP contribution in [0.1, 0.15) is 29.4 Å². The largest absolute Gasteiger partial charge is 0.458 e. The minimum absolute atomic E-state index is 0.0231. The van der Waals surface area contributed by atoms with Gasteiger partial charge in [-0.25, -0.2) is 4.98 Å². The van der Waals surface area contributed by atoms with Gasteiger partial charge in [-0.3, -0.25) is 9.69 Å². The Labute approximate surface area is 168 Å². The van der Waals surface area contributed by atoms with Gasteiger partial charge in [-0.15, -0.1) is 11.3 Å². The molecule has 7 heteroatoms. The Hall–Kier alpha value is -2.48. The third-order valence-corrected chi connectivity index (χ3v) is 5.56. The monoisotopic (exact) mass is 397 g/mol. The third-order valence-electron chi connectivity index (χ3n) is 4.62. The molecule has 0 spiro atoms. The van der Waals surface area contributed by atoms with Gasteiger partial charge in [0.2, 0.25) is 5.91 Å². The maximum atomic E-state index is 11.0. The summed E-state index contributed by atoms with van der Waals surface area (Å²) >= 11 is 1.59. The second-order valence-corrected chi connectivity index (χ2v) is 7.72. The number of hydrogen-bond donors (Lipinski definition) is 1. The standard InChI is InChI=1S/C21H23N3O3S/c1-15(25)22-11-17-7-8-19(27-17)18-14-28-21(23-18)20-13-24(9-10-26-20)12-16-5-3-2-4-6-16/h2-8,14,20H,9-13H2,1H3,(H,22,25). The summed E-state index contributed by atoms with van der Waals surface area (Å²) < 4.78 is 11.8. The Kier molecular flexibility index (Phi) is 5.85. The fourth-order valence-electron chi connectivity index (χ4n) is 3.21. The van der Waals surface area contributed by atoms with E-state index in [1.165, 1.54) is 12.5 Å². The molecule has 0 aliphatic carbocycles. The van der Waals surface area contributed by atoms with Crippen molar-refractivity contribution in [1.82, 2.24) is 15.2 Å². The molecule has 28 heavy (non-hydrogen) atoms. The quantitative estimate of drug-likeness (QED) is 0.688. The van der Waals surface area contributed by atoms with Crippen LogP contribution in [0.3, 0.4) is 0 Å². The van der Waals surface area contributed by atoms with Crippen LogP contribution in [0.2, 0.25) is 0 Å². The number of rotatable bonds is 6. The summed E-state index contributed by atoms with van der Waals surface area (Å²) in [5, 5.41) is 5.69. The van der Waals surface area contributed by atoms with E-state index < -0.39 is 0 Å². The van der Waals surface area contributed by atoms with E-state index in [4.69, 9.17) is 14.1 Å². The van der Waals surface area contributed by atoms with Gasteiger partial charge in [-0.05, 0) is 17.7 Å². The van der Waals surface area contributed by atoms with E-state index in [2.05, 4.69) is 34.5 Å². The second kappa shape index (κ2) is 8.68. The summed E-state index contributed by atoms with van der Waals surface area (Å²) in [6, 6.07) is 14.2. The minimum Gasteiger partial charge on any atom is -0.458 e. The Morgan fingerprint density at radius 3 is 2.96 bits per heavy atom. The van der Waals surface area contributed by atoms with Crippen molar-refractivity contribution < 1.29 is 13.9 Å². The highest BCUT2D eigenvalue weighted by Crippen LogP contribution is 2.30. The van der Waals surface area contributed by atoms with E-state index in [1.54, 1.807) is 11.3 Å². The van der Waals surface area contributed by atoms with Crippen molar-refractivity contribution in [3.8, 4) is 11.5 Å². The molecule has 1 fully saturated rings. The molecule has 1 atom stereocenters. The van der Waals surface area contributed by atoms with Crippen LogP contribution in [-0.4, -0.2) is 35.5 Å². The molecule has 3 heterocycles. The molecule has 6 nitrogen and oxygen atoms in total. The van der Waals surface area contributed by atoms with E-state index >= 15 is 0 Å². The number of amides is 1. The first-order valence-corrected chi connectivity index (χ1v) is 10.2. The average molecular weight is 398 g/mol. The topological polar surface area (TPSA) is 67.6 Å². The van der Waals surface area contributed by atoms with Gasteiger partial charge in [-0.1, -0.05) is 30.3 Å². The maximum absolute atomic E-state index is 11.0. The zero-order valence-corrected chi connectivity index (χ0v) is 16.6. The Bertz CT molecular complexity index is 922. The van der Waals surface area contributed by atoms with Crippen LogP contribution in [-0.2, 0) is 22.6 Å². The smallest absolute Gasteiger partial charge is 0.217 e. The van der Waals surface area contributed by atoms with E-state index in [-0.39, 0.29) is 12.0 Å². The van der Waals surface area contributed by atoms with E-state index in [0.29, 0.717) is 24.7 Å². The molecule has 1 unspecified atom stereocenters. The van der Waals surface area contributed by atoms with Crippen LogP contribution in [0.15, 0.2) is 52.3 Å². The number of benzene rings is 1. The molecular formula is C21H23N3O3S. The molecule has 2 aromatic heterocycles. The lowest BCUT2D eigenvalue weighted by atomic mass is 10.2. The van der Waals surface area contributed by atoms with Gasteiger partial charge in [-0.2, -0.15) is 0 Å². The highest BCUT2D eigenvalue weighted by atomic mass is 32.1. The molecule has 1 aliphatic heterocycles. The minimum atomic E-state index is -0.0802. The highest BCUT2D eigenvalue weighted by molar-refractivity contribution is 7.10. The van der Waals surface area contributed by atoms with Crippen LogP contribution in [0.4, 0.5) is 0 Å². The van der Waals surface area contributed by atoms with E-state index in [9.17, 15) is 4.79 Å². The first-order valence-electron chi connectivity index (χ1n) is 9.34. The van der Waals surface area contributed by atoms with Gasteiger partial charge in [0.15, 0.2) is 5.76 Å². The van der Waals surface area contributed by atoms with Gasteiger partial charge < -0.3 is 14.5 Å². The number of thiazole rings is 1. The number of carbonyl (C=O) groups excluding carboxylic acids is 1. The number of furan rings is 1. The summed E-state index contributed by atoms with van der Waals surface area (Å²) in [5.41, 5.74) is 2.11. The lowest BCUT2D eigenvalue weighted by Crippen LogP contribution is -2.37. The summed E-state index contributed by atoms with van der Waals surface area (Å²) in [4.78, 5) is 18.2. The van der Waals surface area contributed by atoms with Crippen LogP contribution in [0.25, 0.3) is 11.5 Å². The predicted octanol–water partition coefficient (Wildman–Crippen LogP) is 3.61. The van der Waals surface area contributed by atoms with E-state index in [1.807, 2.05) is 23.6 Å². The van der Waals surface area contributed by atoms with Crippen LogP contribution in [0, 0.1) is 0 Å². The summed E-state index contributed by atoms with van der Waals surface area (Å²) in [5.74, 6) is 1.34. The molecule has 1 aliphatic rings. The highest BCUT2D eigenvalue weighted by Gasteiger charge is 2.25. The molecular weight excluding hydrogens is 374 g/mol. The fourth-order valence-corrected chi connectivity index (χ4v) is 4.05. The number of carbonyl (C=O) groups is 1. The lowest BCUT2D eigenvalue weighted by molar-refractivity contribution is -0.119. The lowest BCUT2D eigenvalue weighted by Gasteiger charge is -2.31. The van der Waals surface area contributed by atoms with Gasteiger partial charge in [0, 0.05) is 31.9 Å². The second-order valence-electron chi connectivity index (χ2n) is 6.83. The third kappa shape index (κ3) is 4.67. The number of hydrogen-bond acceptors (Lipinski definition) is 6. The number of morpholine rings is 1. The maximum Gasteiger partial charge on any atom is 0.217 e. The first kappa shape index (κ1) is 18.9. The number of nitrogens with zero attached hydrogens (tertiary/aromatic N) is 2. The van der Waals surface area contributed by atoms with Crippen molar-refractivity contribution in [1.29, 1.82) is 0 Å². The first-order chi connectivity index (χ1) is 13.7. The van der Waals surface area contributed by atoms with Crippen molar-refractivity contribution in [2.24, 2.45) is 0 Å². The summed E-state index contributed by atoms with van der Waals surface area (Å²) in [6.45, 7) is 5.24. The van der Waals surface area contributed by atoms with E-state index in [0.717, 1.165) is 30.3 Å². The number of aromatic nitrogens is 1. The number of nitrogens with one attached hydrogen (secondary N) is 1. The van der Waals surface area contributed by atoms with Gasteiger partial charge >= 0.3 is 0 Å². The van der Waals surface area contributed by atoms with Crippen molar-refractivity contribution >= 4 is 17.2 Å². The SMILES string of the molecule is CC(=O)NCc1ccc(-c2csc(C3CN(Cc4ccccc4)CCO3)n2)o1. The molecule has 0 bridgehead atoms. The average Bonchev–Trinajstić information content (AvgIpc) is 3.37. The predicted molar refractivity (Wildman–Crippen MR) is 108 cm³/mol. The molecule has 1 aromatic carbocycles. The Morgan fingerprint density at radius 2 is 2.14 bits per heavy atom. The zero-order valence-electron chi connectivity index (χ0n) is 15.8. The van der Waals surface area contributed by atoms with Crippen molar-refractivity contribution in [2.45, 2.75) is 26.1 Å². The molecule has 1 amide bonds. The molecule has 0 saturated carbocycles. The molecule has 4 rings (SSSR count). The van der Waals surface area contributed by atoms with Crippen LogP contribution < -0.4 is 5.32 Å². The van der Waals surface area contributed by atoms with Gasteiger partial charge in [0.25, 0.3) is 0 Å². The number of ether oxygens (including phenoxy) is 1. The summed E-state index contributed by atoms with van der Waals surface area (Å²) in [6.07, 6.45) is -0.0231. The van der Waals surface area contributed by atoms with Crippen molar-refractivity contribution in [2.75, 3.05) is 19.7 Å². The summed E-state index contributed by atoms with van der Waals surface area (Å²) in [7, 11) is 0. The Balaban J connectivity index is 1.40. The van der Waals surface area contributed by atoms with Crippen LogP contribution >= 0.6 is 11.3 Å². The zero-order chi connectivity index (χ0) is 19.3. The normalized spacial score (nSPS) is 17.5. The fraction of sp³-hybridized carbons (Fsp3) is 0.333. The van der Waals surface area contributed by atoms with Crippen molar-refractivity contribution in [3.05, 3.63) is 64.2 Å². The molecule has 1 N–H and O–H groups in total. The van der Waals surface area contributed by atoms with Gasteiger partial charge in [0.1, 0.15) is 22.6 Å². The molecule has 3 aromatic rings. The van der Waals surface area contributed by atoms with Gasteiger partial charge in [0.05, 0.1) is 13.2 Å². The molecule has 146 valence electrons.